The number of phenolic OH excluding ortho intramolecular Hbond substituents is 1. The molecule has 4 atom stereocenters. The largest absolute Gasteiger partial charge is 0.508 e. The van der Waals surface area contributed by atoms with Crippen LogP contribution in [-0.4, -0.2) is 75.7 Å². The number of hydrogen-bond donors (Lipinski definition) is 4. The molecule has 3 aromatic rings. The minimum atomic E-state index is -0.741. The van der Waals surface area contributed by atoms with Gasteiger partial charge < -0.3 is 26.8 Å². The van der Waals surface area contributed by atoms with Crippen LogP contribution in [0.2, 0.25) is 0 Å². The SMILES string of the molecule is CC(=O)N[C@@H](Cc1ccc(O)cc1)C(=O)C(C)N1CC(N(Cc2ccc3ccccc3c2)C(C)=O)C[C@@H]1CCCN=C(N)N. The number of benzene rings is 3. The van der Waals surface area contributed by atoms with Crippen molar-refractivity contribution < 1.29 is 19.5 Å². The predicted octanol–water partition coefficient (Wildman–Crippen LogP) is 3.10. The van der Waals surface area contributed by atoms with Crippen LogP contribution in [0.25, 0.3) is 10.8 Å². The first-order chi connectivity index (χ1) is 21.0. The van der Waals surface area contributed by atoms with Crippen molar-refractivity contribution in [3.05, 3.63) is 77.9 Å². The Bertz CT molecular complexity index is 1490. The van der Waals surface area contributed by atoms with Crippen LogP contribution in [0.3, 0.4) is 0 Å². The van der Waals surface area contributed by atoms with Crippen molar-refractivity contribution in [3.8, 4) is 5.75 Å². The average Bonchev–Trinajstić information content (AvgIpc) is 3.41. The number of amides is 2. The van der Waals surface area contributed by atoms with Crippen molar-refractivity contribution in [1.29, 1.82) is 0 Å². The van der Waals surface area contributed by atoms with E-state index in [1.54, 1.807) is 31.2 Å². The number of rotatable bonds is 13. The highest BCUT2D eigenvalue weighted by atomic mass is 16.3. The smallest absolute Gasteiger partial charge is 0.220 e. The Hall–Kier alpha value is -4.44. The molecule has 1 fully saturated rings. The molecule has 4 rings (SSSR count). The summed E-state index contributed by atoms with van der Waals surface area (Å²) in [5.41, 5.74) is 12.9. The third-order valence-corrected chi connectivity index (χ3v) is 8.44. The number of carbonyl (C=O) groups is 3. The maximum absolute atomic E-state index is 14.0. The van der Waals surface area contributed by atoms with Crippen molar-refractivity contribution in [2.75, 3.05) is 13.1 Å². The van der Waals surface area contributed by atoms with Crippen molar-refractivity contribution in [3.63, 3.8) is 0 Å². The first-order valence-electron chi connectivity index (χ1n) is 15.2. The van der Waals surface area contributed by atoms with Gasteiger partial charge in [0.05, 0.1) is 12.1 Å². The standard InChI is InChI=1S/C34H44N6O4/c1-22(33(44)32(38-23(2)41)18-25-11-14-31(43)15-12-25)39-21-30(19-29(39)9-6-16-37-34(35)36)40(24(3)42)20-26-10-13-27-7-4-5-8-28(27)17-26/h4-5,7-8,10-15,17,22,29-30,32,43H,6,9,16,18-21H2,1-3H3,(H,38,41)(H4,35,36,37)/t22?,29-,30?,32-/m0/s1. The van der Waals surface area contributed by atoms with E-state index in [0.717, 1.165) is 34.7 Å². The molecule has 234 valence electrons. The zero-order valence-corrected chi connectivity index (χ0v) is 25.8. The molecule has 0 aromatic heterocycles. The molecule has 0 radical (unpaired) electrons. The Balaban J connectivity index is 1.56. The van der Waals surface area contributed by atoms with Crippen molar-refractivity contribution in [2.45, 2.75) is 77.2 Å². The molecule has 0 saturated carbocycles. The Morgan fingerprint density at radius 1 is 1.02 bits per heavy atom. The summed E-state index contributed by atoms with van der Waals surface area (Å²) in [5.74, 6) is -0.241. The highest BCUT2D eigenvalue weighted by molar-refractivity contribution is 5.92. The number of hydrogen-bond acceptors (Lipinski definition) is 6. The number of carbonyl (C=O) groups excluding carboxylic acids is 3. The van der Waals surface area contributed by atoms with Crippen LogP contribution in [0.4, 0.5) is 0 Å². The fraction of sp³-hybridized carbons (Fsp3) is 0.412. The molecule has 6 N–H and O–H groups in total. The van der Waals surface area contributed by atoms with Gasteiger partial charge in [-0.3, -0.25) is 24.3 Å². The van der Waals surface area contributed by atoms with Crippen LogP contribution >= 0.6 is 0 Å². The van der Waals surface area contributed by atoms with Gasteiger partial charge in [0.15, 0.2) is 11.7 Å². The summed E-state index contributed by atoms with van der Waals surface area (Å²) in [6, 6.07) is 19.7. The van der Waals surface area contributed by atoms with Crippen LogP contribution in [0, 0.1) is 0 Å². The lowest BCUT2D eigenvalue weighted by molar-refractivity contribution is -0.132. The van der Waals surface area contributed by atoms with Crippen molar-refractivity contribution in [2.24, 2.45) is 16.5 Å². The number of likely N-dealkylation sites (tertiary alicyclic amines) is 1. The number of guanidine groups is 1. The third-order valence-electron chi connectivity index (χ3n) is 8.44. The molecule has 2 amide bonds. The second kappa shape index (κ2) is 14.8. The van der Waals surface area contributed by atoms with Gasteiger partial charge in [-0.05, 0) is 72.7 Å². The molecule has 1 heterocycles. The number of nitrogens with one attached hydrogen (secondary N) is 1. The van der Waals surface area contributed by atoms with Gasteiger partial charge in [-0.2, -0.15) is 0 Å². The fourth-order valence-electron chi connectivity index (χ4n) is 6.26. The quantitative estimate of drug-likeness (QED) is 0.134. The van der Waals surface area contributed by atoms with Gasteiger partial charge in [-0.25, -0.2) is 0 Å². The van der Waals surface area contributed by atoms with Crippen LogP contribution in [0.5, 0.6) is 5.75 Å². The molecule has 1 saturated heterocycles. The number of Topliss-reactive ketones (excluding diaryl/α,β-unsaturated/α-hetero) is 1. The minimum Gasteiger partial charge on any atom is -0.508 e. The molecule has 3 aromatic carbocycles. The first kappa shape index (κ1) is 32.5. The van der Waals surface area contributed by atoms with Gasteiger partial charge in [0.1, 0.15) is 5.75 Å². The summed E-state index contributed by atoms with van der Waals surface area (Å²) >= 11 is 0. The number of aliphatic imine (C=N–C) groups is 1. The fourth-order valence-corrected chi connectivity index (χ4v) is 6.26. The van der Waals surface area contributed by atoms with Crippen LogP contribution < -0.4 is 16.8 Å². The monoisotopic (exact) mass is 600 g/mol. The van der Waals surface area contributed by atoms with Gasteiger partial charge in [-0.15, -0.1) is 0 Å². The Morgan fingerprint density at radius 2 is 1.70 bits per heavy atom. The summed E-state index contributed by atoms with van der Waals surface area (Å²) in [5, 5.41) is 14.8. The molecule has 10 heteroatoms. The first-order valence-corrected chi connectivity index (χ1v) is 15.2. The molecular formula is C34H44N6O4. The van der Waals surface area contributed by atoms with Gasteiger partial charge in [0.2, 0.25) is 11.8 Å². The second-order valence-electron chi connectivity index (χ2n) is 11.7. The molecule has 0 spiro atoms. The van der Waals surface area contributed by atoms with Crippen molar-refractivity contribution in [1.82, 2.24) is 15.1 Å². The molecule has 2 unspecified atom stereocenters. The highest BCUT2D eigenvalue weighted by Gasteiger charge is 2.41. The molecule has 1 aliphatic heterocycles. The molecule has 0 bridgehead atoms. The van der Waals surface area contributed by atoms with E-state index in [1.807, 2.05) is 24.0 Å². The number of phenols is 1. The van der Waals surface area contributed by atoms with E-state index in [2.05, 4.69) is 45.5 Å². The number of ketones is 1. The topological polar surface area (TPSA) is 154 Å². The summed E-state index contributed by atoms with van der Waals surface area (Å²) in [7, 11) is 0. The maximum atomic E-state index is 14.0. The van der Waals surface area contributed by atoms with Gasteiger partial charge in [0.25, 0.3) is 0 Å². The van der Waals surface area contributed by atoms with E-state index in [9.17, 15) is 19.5 Å². The Morgan fingerprint density at radius 3 is 2.36 bits per heavy atom. The number of nitrogens with two attached hydrogens (primary N) is 2. The Kier molecular flexibility index (Phi) is 10.9. The zero-order valence-electron chi connectivity index (χ0n) is 25.8. The third kappa shape index (κ3) is 8.57. The van der Waals surface area contributed by atoms with E-state index >= 15 is 0 Å². The maximum Gasteiger partial charge on any atom is 0.220 e. The second-order valence-corrected chi connectivity index (χ2v) is 11.7. The Labute approximate surface area is 259 Å². The van der Waals surface area contributed by atoms with E-state index < -0.39 is 12.1 Å². The predicted molar refractivity (Wildman–Crippen MR) is 173 cm³/mol. The van der Waals surface area contributed by atoms with Gasteiger partial charge >= 0.3 is 0 Å². The average molecular weight is 601 g/mol. The normalized spacial score (nSPS) is 18.0. The lowest BCUT2D eigenvalue weighted by Crippen LogP contribution is -2.52. The summed E-state index contributed by atoms with van der Waals surface area (Å²) in [4.78, 5) is 47.3. The van der Waals surface area contributed by atoms with Gasteiger partial charge in [-0.1, -0.05) is 48.5 Å². The molecule has 0 aliphatic carbocycles. The van der Waals surface area contributed by atoms with Crippen LogP contribution in [0.1, 0.15) is 51.2 Å². The van der Waals surface area contributed by atoms with Gasteiger partial charge in [0, 0.05) is 45.6 Å². The van der Waals surface area contributed by atoms with Crippen LogP contribution in [-0.2, 0) is 27.3 Å². The molecule has 1 aliphatic rings. The molecule has 44 heavy (non-hydrogen) atoms. The van der Waals surface area contributed by atoms with Crippen molar-refractivity contribution >= 4 is 34.3 Å². The summed E-state index contributed by atoms with van der Waals surface area (Å²) < 4.78 is 0. The van der Waals surface area contributed by atoms with E-state index in [-0.39, 0.29) is 41.4 Å². The number of aromatic hydroxyl groups is 1. The van der Waals surface area contributed by atoms with Crippen LogP contribution in [0.15, 0.2) is 71.7 Å². The number of nitrogens with zero attached hydrogens (tertiary/aromatic N) is 3. The molecule has 10 nitrogen and oxygen atoms in total. The zero-order chi connectivity index (χ0) is 31.8. The van der Waals surface area contributed by atoms with E-state index in [4.69, 9.17) is 11.5 Å². The summed E-state index contributed by atoms with van der Waals surface area (Å²) in [6.45, 7) is 6.34. The lowest BCUT2D eigenvalue weighted by Gasteiger charge is -2.33. The minimum absolute atomic E-state index is 0.0123. The summed E-state index contributed by atoms with van der Waals surface area (Å²) in [6.07, 6.45) is 2.47. The van der Waals surface area contributed by atoms with E-state index in [0.29, 0.717) is 32.5 Å². The molecular weight excluding hydrogens is 556 g/mol. The highest BCUT2D eigenvalue weighted by Crippen LogP contribution is 2.30. The lowest BCUT2D eigenvalue weighted by atomic mass is 9.96. The van der Waals surface area contributed by atoms with E-state index in [1.165, 1.54) is 6.92 Å². The number of fused-ring (bicyclic) bond motifs is 1.